The molecule has 0 radical (unpaired) electrons. The van der Waals surface area contributed by atoms with Gasteiger partial charge in [-0.2, -0.15) is 0 Å². The zero-order chi connectivity index (χ0) is 12.1. The third-order valence-electron chi connectivity index (χ3n) is 2.69. The van der Waals surface area contributed by atoms with Gasteiger partial charge in [-0.1, -0.05) is 11.8 Å². The van der Waals surface area contributed by atoms with Gasteiger partial charge in [-0.05, 0) is 31.0 Å². The van der Waals surface area contributed by atoms with Crippen molar-refractivity contribution in [3.63, 3.8) is 0 Å². The highest BCUT2D eigenvalue weighted by atomic mass is 16.5. The largest absolute Gasteiger partial charge is 0.493 e. The molecule has 90 valence electrons. The Morgan fingerprint density at radius 1 is 1.24 bits per heavy atom. The highest BCUT2D eigenvalue weighted by Gasteiger charge is 2.11. The van der Waals surface area contributed by atoms with Crippen molar-refractivity contribution in [2.75, 3.05) is 20.8 Å². The molecule has 1 heterocycles. The molecule has 1 fully saturated rings. The summed E-state index contributed by atoms with van der Waals surface area (Å²) in [5.74, 6) is 7.64. The van der Waals surface area contributed by atoms with Gasteiger partial charge in [0.05, 0.1) is 14.2 Å². The summed E-state index contributed by atoms with van der Waals surface area (Å²) in [6.07, 6.45) is 2.22. The fourth-order valence-electron chi connectivity index (χ4n) is 1.77. The van der Waals surface area contributed by atoms with E-state index in [0.29, 0.717) is 5.75 Å². The maximum atomic E-state index is 5.45. The van der Waals surface area contributed by atoms with E-state index < -0.39 is 0 Å². The minimum Gasteiger partial charge on any atom is -0.493 e. The minimum absolute atomic E-state index is 0.0862. The number of methoxy groups -OCH3 is 2. The Morgan fingerprint density at radius 2 is 2.06 bits per heavy atom. The van der Waals surface area contributed by atoms with Crippen LogP contribution < -0.4 is 9.47 Å². The lowest BCUT2D eigenvalue weighted by Crippen LogP contribution is -1.99. The molecule has 0 N–H and O–H groups in total. The Balaban J connectivity index is 2.15. The van der Waals surface area contributed by atoms with E-state index in [0.717, 1.165) is 30.8 Å². The van der Waals surface area contributed by atoms with E-state index in [4.69, 9.17) is 14.2 Å². The van der Waals surface area contributed by atoms with Crippen LogP contribution in [0.2, 0.25) is 0 Å². The van der Waals surface area contributed by atoms with Gasteiger partial charge < -0.3 is 14.2 Å². The molecule has 0 bridgehead atoms. The van der Waals surface area contributed by atoms with Gasteiger partial charge in [0.1, 0.15) is 6.10 Å². The van der Waals surface area contributed by atoms with E-state index in [1.54, 1.807) is 14.2 Å². The van der Waals surface area contributed by atoms with Crippen molar-refractivity contribution in [3.05, 3.63) is 23.8 Å². The Hall–Kier alpha value is -1.66. The van der Waals surface area contributed by atoms with Crippen LogP contribution in [0.4, 0.5) is 0 Å². The first-order chi connectivity index (χ1) is 8.33. The second-order valence-electron chi connectivity index (χ2n) is 3.84. The molecule has 3 heteroatoms. The Kier molecular flexibility index (Phi) is 3.89. The molecule has 0 saturated carbocycles. The first-order valence-corrected chi connectivity index (χ1v) is 5.68. The third-order valence-corrected chi connectivity index (χ3v) is 2.69. The van der Waals surface area contributed by atoms with Crippen molar-refractivity contribution < 1.29 is 14.2 Å². The van der Waals surface area contributed by atoms with E-state index in [9.17, 15) is 0 Å². The van der Waals surface area contributed by atoms with Crippen molar-refractivity contribution in [1.29, 1.82) is 0 Å². The molecule has 0 aliphatic carbocycles. The number of rotatable bonds is 2. The second kappa shape index (κ2) is 5.60. The van der Waals surface area contributed by atoms with Crippen LogP contribution in [-0.4, -0.2) is 26.9 Å². The summed E-state index contributed by atoms with van der Waals surface area (Å²) in [4.78, 5) is 0. The Morgan fingerprint density at radius 3 is 2.71 bits per heavy atom. The number of hydrogen-bond acceptors (Lipinski definition) is 3. The molecule has 0 spiro atoms. The molecule has 3 nitrogen and oxygen atoms in total. The van der Waals surface area contributed by atoms with E-state index in [1.807, 2.05) is 18.2 Å². The van der Waals surface area contributed by atoms with Gasteiger partial charge in [-0.25, -0.2) is 0 Å². The van der Waals surface area contributed by atoms with Gasteiger partial charge in [0.2, 0.25) is 0 Å². The SMILES string of the molecule is COc1ccc(C#CC2CCCO2)cc1OC. The quantitative estimate of drug-likeness (QED) is 0.732. The maximum absolute atomic E-state index is 5.45. The average molecular weight is 232 g/mol. The summed E-state index contributed by atoms with van der Waals surface area (Å²) in [6.45, 7) is 0.825. The number of ether oxygens (including phenoxy) is 3. The summed E-state index contributed by atoms with van der Waals surface area (Å²) in [5.41, 5.74) is 0.915. The van der Waals surface area contributed by atoms with Crippen molar-refractivity contribution >= 4 is 0 Å². The molecular weight excluding hydrogens is 216 g/mol. The molecule has 1 aliphatic rings. The van der Waals surface area contributed by atoms with Gasteiger partial charge in [0, 0.05) is 12.2 Å². The van der Waals surface area contributed by atoms with Gasteiger partial charge in [0.15, 0.2) is 11.5 Å². The van der Waals surface area contributed by atoms with Crippen LogP contribution in [0.5, 0.6) is 11.5 Å². The summed E-state index contributed by atoms with van der Waals surface area (Å²) in [5, 5.41) is 0. The van der Waals surface area contributed by atoms with Crippen molar-refractivity contribution in [2.45, 2.75) is 18.9 Å². The standard InChI is InChI=1S/C14H16O3/c1-15-13-8-6-11(10-14(13)16-2)5-7-12-4-3-9-17-12/h6,8,10,12H,3-4,9H2,1-2H3. The zero-order valence-corrected chi connectivity index (χ0v) is 10.2. The summed E-state index contributed by atoms with van der Waals surface area (Å²) in [6, 6.07) is 5.66. The van der Waals surface area contributed by atoms with Crippen LogP contribution in [0.15, 0.2) is 18.2 Å². The molecule has 1 atom stereocenters. The lowest BCUT2D eigenvalue weighted by atomic mass is 10.2. The molecular formula is C14H16O3. The zero-order valence-electron chi connectivity index (χ0n) is 10.2. The lowest BCUT2D eigenvalue weighted by molar-refractivity contribution is 0.152. The minimum atomic E-state index is 0.0862. The fourth-order valence-corrected chi connectivity index (χ4v) is 1.77. The molecule has 0 amide bonds. The van der Waals surface area contributed by atoms with E-state index in [-0.39, 0.29) is 6.10 Å². The van der Waals surface area contributed by atoms with Crippen LogP contribution >= 0.6 is 0 Å². The average Bonchev–Trinajstić information content (AvgIpc) is 2.89. The van der Waals surface area contributed by atoms with Crippen molar-refractivity contribution in [3.8, 4) is 23.3 Å². The van der Waals surface area contributed by atoms with Crippen LogP contribution in [0.1, 0.15) is 18.4 Å². The Labute approximate surface area is 102 Å². The van der Waals surface area contributed by atoms with Gasteiger partial charge in [-0.15, -0.1) is 0 Å². The fraction of sp³-hybridized carbons (Fsp3) is 0.429. The van der Waals surface area contributed by atoms with Gasteiger partial charge in [-0.3, -0.25) is 0 Å². The van der Waals surface area contributed by atoms with Gasteiger partial charge >= 0.3 is 0 Å². The lowest BCUT2D eigenvalue weighted by Gasteiger charge is -2.06. The van der Waals surface area contributed by atoms with Crippen molar-refractivity contribution in [2.24, 2.45) is 0 Å². The van der Waals surface area contributed by atoms with Crippen LogP contribution in [0.25, 0.3) is 0 Å². The van der Waals surface area contributed by atoms with Crippen LogP contribution in [-0.2, 0) is 4.74 Å². The molecule has 1 aromatic rings. The molecule has 1 aliphatic heterocycles. The topological polar surface area (TPSA) is 27.7 Å². The molecule has 1 unspecified atom stereocenters. The molecule has 0 aromatic heterocycles. The molecule has 17 heavy (non-hydrogen) atoms. The first kappa shape index (κ1) is 11.8. The number of hydrogen-bond donors (Lipinski definition) is 0. The highest BCUT2D eigenvalue weighted by Crippen LogP contribution is 2.27. The summed E-state index contributed by atoms with van der Waals surface area (Å²) < 4.78 is 15.8. The molecule has 1 aromatic carbocycles. The van der Waals surface area contributed by atoms with E-state index in [2.05, 4.69) is 11.8 Å². The van der Waals surface area contributed by atoms with Crippen LogP contribution in [0, 0.1) is 11.8 Å². The predicted molar refractivity (Wildman–Crippen MR) is 65.4 cm³/mol. The van der Waals surface area contributed by atoms with Crippen molar-refractivity contribution in [1.82, 2.24) is 0 Å². The third kappa shape index (κ3) is 2.92. The maximum Gasteiger partial charge on any atom is 0.161 e. The van der Waals surface area contributed by atoms with E-state index in [1.165, 1.54) is 0 Å². The smallest absolute Gasteiger partial charge is 0.161 e. The van der Waals surface area contributed by atoms with E-state index >= 15 is 0 Å². The Bertz CT molecular complexity index is 437. The predicted octanol–water partition coefficient (Wildman–Crippen LogP) is 2.23. The molecule has 2 rings (SSSR count). The summed E-state index contributed by atoms with van der Waals surface area (Å²) in [7, 11) is 3.24. The monoisotopic (exact) mass is 232 g/mol. The van der Waals surface area contributed by atoms with Crippen LogP contribution in [0.3, 0.4) is 0 Å². The normalized spacial score (nSPS) is 18.4. The summed E-state index contributed by atoms with van der Waals surface area (Å²) >= 11 is 0. The first-order valence-electron chi connectivity index (χ1n) is 5.68. The van der Waals surface area contributed by atoms with Gasteiger partial charge in [0.25, 0.3) is 0 Å². The highest BCUT2D eigenvalue weighted by molar-refractivity contribution is 5.48. The molecule has 1 saturated heterocycles. The number of benzene rings is 1. The second-order valence-corrected chi connectivity index (χ2v) is 3.84.